The zero-order valence-electron chi connectivity index (χ0n) is 15.4. The molecule has 1 fully saturated rings. The fourth-order valence-electron chi connectivity index (χ4n) is 3.41. The second-order valence-electron chi connectivity index (χ2n) is 6.85. The smallest absolute Gasteiger partial charge is 0.231 e. The molecule has 2 N–H and O–H groups in total. The minimum absolute atomic E-state index is 0.324. The molecule has 2 heterocycles. The molecule has 6 nitrogen and oxygen atoms in total. The Bertz CT molecular complexity index is 591. The second-order valence-corrected chi connectivity index (χ2v) is 6.85. The maximum Gasteiger partial charge on any atom is 0.231 e. The van der Waals surface area contributed by atoms with Crippen molar-refractivity contribution in [3.8, 4) is 11.5 Å². The first-order valence-corrected chi connectivity index (χ1v) is 9.34. The lowest BCUT2D eigenvalue weighted by atomic mass is 9.99. The van der Waals surface area contributed by atoms with Crippen LogP contribution in [0.1, 0.15) is 25.3 Å². The van der Waals surface area contributed by atoms with E-state index in [1.165, 1.54) is 24.9 Å². The Morgan fingerprint density at radius 2 is 2.16 bits per heavy atom. The maximum atomic E-state index is 5.44. The summed E-state index contributed by atoms with van der Waals surface area (Å²) in [4.78, 5) is 7.19. The van der Waals surface area contributed by atoms with Gasteiger partial charge in [0, 0.05) is 26.2 Å². The van der Waals surface area contributed by atoms with Gasteiger partial charge in [-0.15, -0.1) is 0 Å². The molecule has 0 aliphatic carbocycles. The molecule has 25 heavy (non-hydrogen) atoms. The van der Waals surface area contributed by atoms with Crippen LogP contribution < -0.4 is 20.1 Å². The Balaban J connectivity index is 1.47. The average molecular weight is 346 g/mol. The second kappa shape index (κ2) is 8.94. The number of benzene rings is 1. The molecule has 1 aromatic rings. The van der Waals surface area contributed by atoms with Gasteiger partial charge >= 0.3 is 0 Å². The van der Waals surface area contributed by atoms with E-state index >= 15 is 0 Å². The van der Waals surface area contributed by atoms with Crippen molar-refractivity contribution >= 4 is 5.96 Å². The van der Waals surface area contributed by atoms with Gasteiger partial charge in [-0.3, -0.25) is 4.99 Å². The first kappa shape index (κ1) is 17.9. The van der Waals surface area contributed by atoms with Gasteiger partial charge in [0.05, 0.1) is 0 Å². The Kier molecular flexibility index (Phi) is 6.39. The summed E-state index contributed by atoms with van der Waals surface area (Å²) in [6.07, 6.45) is 3.49. The van der Waals surface area contributed by atoms with E-state index in [-0.39, 0.29) is 0 Å². The van der Waals surface area contributed by atoms with Gasteiger partial charge in [0.25, 0.3) is 0 Å². The lowest BCUT2D eigenvalue weighted by Gasteiger charge is -2.28. The number of hydrogen-bond acceptors (Lipinski definition) is 4. The molecule has 2 aliphatic heterocycles. The van der Waals surface area contributed by atoms with Crippen LogP contribution in [0.25, 0.3) is 0 Å². The molecular formula is C19H30N4O2. The first-order chi connectivity index (χ1) is 12.2. The van der Waals surface area contributed by atoms with Crippen LogP contribution in [0.4, 0.5) is 0 Å². The Morgan fingerprint density at radius 1 is 1.28 bits per heavy atom. The third-order valence-corrected chi connectivity index (χ3v) is 4.72. The highest BCUT2D eigenvalue weighted by atomic mass is 16.7. The van der Waals surface area contributed by atoms with Crippen molar-refractivity contribution in [2.75, 3.05) is 46.6 Å². The van der Waals surface area contributed by atoms with Gasteiger partial charge in [-0.05, 0) is 63.4 Å². The molecule has 2 aliphatic rings. The molecule has 0 bridgehead atoms. The van der Waals surface area contributed by atoms with Crippen LogP contribution >= 0.6 is 0 Å². The molecule has 0 aromatic heterocycles. The normalized spacial score (nSPS) is 20.6. The molecule has 1 atom stereocenters. The highest BCUT2D eigenvalue weighted by Gasteiger charge is 2.17. The van der Waals surface area contributed by atoms with Crippen molar-refractivity contribution in [1.29, 1.82) is 0 Å². The van der Waals surface area contributed by atoms with Crippen LogP contribution in [0.2, 0.25) is 0 Å². The number of hydrogen-bond donors (Lipinski definition) is 2. The summed E-state index contributed by atoms with van der Waals surface area (Å²) in [5.74, 6) is 3.27. The van der Waals surface area contributed by atoms with Crippen LogP contribution in [0, 0.1) is 5.92 Å². The molecule has 0 spiro atoms. The summed E-state index contributed by atoms with van der Waals surface area (Å²) in [7, 11) is 2.20. The minimum Gasteiger partial charge on any atom is -0.454 e. The summed E-state index contributed by atoms with van der Waals surface area (Å²) in [5.41, 5.74) is 1.24. The van der Waals surface area contributed by atoms with E-state index in [4.69, 9.17) is 14.5 Å². The van der Waals surface area contributed by atoms with Crippen molar-refractivity contribution in [3.05, 3.63) is 23.8 Å². The number of aliphatic imine (C=N–C) groups is 1. The van der Waals surface area contributed by atoms with E-state index in [0.29, 0.717) is 12.7 Å². The number of ether oxygens (including phenoxy) is 2. The van der Waals surface area contributed by atoms with Gasteiger partial charge in [0.1, 0.15) is 0 Å². The van der Waals surface area contributed by atoms with Gasteiger partial charge in [-0.1, -0.05) is 6.07 Å². The summed E-state index contributed by atoms with van der Waals surface area (Å²) < 4.78 is 10.8. The summed E-state index contributed by atoms with van der Waals surface area (Å²) in [6, 6.07) is 6.14. The average Bonchev–Trinajstić information content (AvgIpc) is 3.07. The molecule has 138 valence electrons. The zero-order chi connectivity index (χ0) is 17.5. The van der Waals surface area contributed by atoms with Crippen molar-refractivity contribution in [2.45, 2.75) is 26.2 Å². The molecule has 0 amide bonds. The lowest BCUT2D eigenvalue weighted by Crippen LogP contribution is -2.39. The van der Waals surface area contributed by atoms with Crippen LogP contribution in [0.15, 0.2) is 23.2 Å². The highest BCUT2D eigenvalue weighted by Crippen LogP contribution is 2.32. The topological polar surface area (TPSA) is 58.1 Å². The van der Waals surface area contributed by atoms with Crippen molar-refractivity contribution in [3.63, 3.8) is 0 Å². The molecule has 1 aromatic carbocycles. The van der Waals surface area contributed by atoms with Crippen LogP contribution in [0.3, 0.4) is 0 Å². The molecule has 6 heteroatoms. The molecule has 0 saturated carbocycles. The van der Waals surface area contributed by atoms with E-state index < -0.39 is 0 Å². The largest absolute Gasteiger partial charge is 0.454 e. The molecule has 3 rings (SSSR count). The Labute approximate surface area is 150 Å². The Hall–Kier alpha value is -1.95. The number of fused-ring (bicyclic) bond motifs is 1. The Morgan fingerprint density at radius 3 is 3.00 bits per heavy atom. The summed E-state index contributed by atoms with van der Waals surface area (Å²) >= 11 is 0. The summed E-state index contributed by atoms with van der Waals surface area (Å²) in [6.45, 7) is 7.41. The standard InChI is InChI=1S/C19H30N4O2/c1-3-20-19(22-12-16-5-4-10-23(2)13-16)21-9-8-15-6-7-17-18(11-15)25-14-24-17/h6-7,11,16H,3-5,8-10,12-14H2,1-2H3,(H2,20,21,22). The van der Waals surface area contributed by atoms with Gasteiger partial charge in [0.2, 0.25) is 6.79 Å². The fraction of sp³-hybridized carbons (Fsp3) is 0.632. The summed E-state index contributed by atoms with van der Waals surface area (Å²) in [5, 5.41) is 6.78. The van der Waals surface area contributed by atoms with Gasteiger partial charge in [-0.2, -0.15) is 0 Å². The van der Waals surface area contributed by atoms with Crippen molar-refractivity contribution in [1.82, 2.24) is 15.5 Å². The zero-order valence-corrected chi connectivity index (χ0v) is 15.4. The van der Waals surface area contributed by atoms with Gasteiger partial charge in [0.15, 0.2) is 17.5 Å². The van der Waals surface area contributed by atoms with Crippen molar-refractivity contribution in [2.24, 2.45) is 10.9 Å². The first-order valence-electron chi connectivity index (χ1n) is 9.34. The van der Waals surface area contributed by atoms with Crippen LogP contribution in [0.5, 0.6) is 11.5 Å². The maximum absolute atomic E-state index is 5.44. The van der Waals surface area contributed by atoms with Crippen molar-refractivity contribution < 1.29 is 9.47 Å². The number of rotatable bonds is 6. The molecular weight excluding hydrogens is 316 g/mol. The third kappa shape index (κ3) is 5.26. The number of nitrogens with one attached hydrogen (secondary N) is 2. The van der Waals surface area contributed by atoms with E-state index in [0.717, 1.165) is 50.1 Å². The van der Waals surface area contributed by atoms with E-state index in [1.807, 2.05) is 6.07 Å². The quantitative estimate of drug-likeness (QED) is 0.608. The van der Waals surface area contributed by atoms with Crippen LogP contribution in [-0.2, 0) is 6.42 Å². The lowest BCUT2D eigenvalue weighted by molar-refractivity contribution is 0.174. The molecule has 0 radical (unpaired) electrons. The van der Waals surface area contributed by atoms with E-state index in [2.05, 4.69) is 41.6 Å². The highest BCUT2D eigenvalue weighted by molar-refractivity contribution is 5.79. The fourth-order valence-corrected chi connectivity index (χ4v) is 3.41. The molecule has 1 unspecified atom stereocenters. The molecule has 1 saturated heterocycles. The number of piperidine rings is 1. The van der Waals surface area contributed by atoms with Gasteiger partial charge in [-0.25, -0.2) is 0 Å². The van der Waals surface area contributed by atoms with E-state index in [1.54, 1.807) is 0 Å². The van der Waals surface area contributed by atoms with Gasteiger partial charge < -0.3 is 25.0 Å². The third-order valence-electron chi connectivity index (χ3n) is 4.72. The number of nitrogens with zero attached hydrogens (tertiary/aromatic N) is 2. The van der Waals surface area contributed by atoms with Crippen LogP contribution in [-0.4, -0.2) is 57.4 Å². The SMILES string of the molecule is CCNC(=NCC1CCCN(C)C1)NCCc1ccc2c(c1)OCO2. The number of guanidine groups is 1. The number of likely N-dealkylation sites (tertiary alicyclic amines) is 1. The van der Waals surface area contributed by atoms with E-state index in [9.17, 15) is 0 Å². The minimum atomic E-state index is 0.324. The monoisotopic (exact) mass is 346 g/mol. The predicted molar refractivity (Wildman–Crippen MR) is 100 cm³/mol. The predicted octanol–water partition coefficient (Wildman–Crippen LogP) is 1.85.